The summed E-state index contributed by atoms with van der Waals surface area (Å²) in [5.74, 6) is 1.13. The average molecular weight is 896 g/mol. The first-order valence-corrected chi connectivity index (χ1v) is 22.5. The molecule has 11 aromatic rings. The van der Waals surface area contributed by atoms with Crippen molar-refractivity contribution in [2.45, 2.75) is 59.2 Å². The lowest BCUT2D eigenvalue weighted by Crippen LogP contribution is -2.32. The molecule has 0 aliphatic heterocycles. The van der Waals surface area contributed by atoms with Crippen LogP contribution in [0.2, 0.25) is 0 Å². The summed E-state index contributed by atoms with van der Waals surface area (Å²) in [5.41, 5.74) is 6.99. The lowest BCUT2D eigenvalue weighted by Gasteiger charge is -2.26. The zero-order valence-corrected chi connectivity index (χ0v) is 38.5. The van der Waals surface area contributed by atoms with Gasteiger partial charge in [-0.2, -0.15) is 0 Å². The normalized spacial score (nSPS) is 14.9. The zero-order valence-electron chi connectivity index (χ0n) is 51.5. The molecule has 5 nitrogen and oxygen atoms in total. The van der Waals surface area contributed by atoms with E-state index in [1.165, 1.54) is 12.3 Å². The molecule has 0 N–H and O–H groups in total. The van der Waals surface area contributed by atoms with Crippen molar-refractivity contribution in [1.29, 1.82) is 0 Å². The number of rotatable bonds is 8. The summed E-state index contributed by atoms with van der Waals surface area (Å²) in [4.78, 5) is 4.72. The summed E-state index contributed by atoms with van der Waals surface area (Å²) in [6, 6.07) is 37.4. The molecule has 0 spiro atoms. The third kappa shape index (κ3) is 7.74. The Kier molecular flexibility index (Phi) is 7.44. The molecule has 0 atom stereocenters. The summed E-state index contributed by atoms with van der Waals surface area (Å²) in [5, 5.41) is 1.67. The van der Waals surface area contributed by atoms with Crippen molar-refractivity contribution in [2.24, 2.45) is 0 Å². The van der Waals surface area contributed by atoms with E-state index in [1.807, 2.05) is 123 Å². The van der Waals surface area contributed by atoms with Crippen molar-refractivity contribution in [2.75, 3.05) is 0 Å². The highest BCUT2D eigenvalue weighted by atomic mass is 16.5. The van der Waals surface area contributed by atoms with Crippen LogP contribution in [0.15, 0.2) is 200 Å². The number of hydrogen-bond donors (Lipinski definition) is 0. The third-order valence-corrected chi connectivity index (χ3v) is 12.4. The number of benzene rings is 8. The summed E-state index contributed by atoms with van der Waals surface area (Å²) in [6.45, 7) is 9.95. The number of aromatic nitrogens is 4. The number of pyridine rings is 1. The van der Waals surface area contributed by atoms with E-state index < -0.39 is 60.6 Å². The second-order valence-corrected chi connectivity index (χ2v) is 19.0. The van der Waals surface area contributed by atoms with Gasteiger partial charge in [0, 0.05) is 32.7 Å². The third-order valence-electron chi connectivity index (χ3n) is 12.4. The van der Waals surface area contributed by atoms with Crippen molar-refractivity contribution < 1.29 is 27.1 Å². The topological polar surface area (TPSA) is 35.9 Å². The SMILES string of the molecule is [2H]c1c([2H])c([2H])c(-c2cnc(-n3c4ccccc4c4ccc(Oc5cccc(-n6[c-][n+](-c7c(-c8cccc(C(C)(C)C)c8)cc(C(C)(C)C)cc7-c7c([2H])c([2H])c([2H])c([2H])c7[2H])c7ccccc76)c5)cc43)cc2C([2H])([2H])[2H])c([2H])c1[2H]. The standard InChI is InChI=1S/C63H54N4O/c1-42-34-60(64-40-55(42)44-22-12-9-13-23-44)67-56-29-15-14-28-51(56)52-33-32-50(39-59(52)67)68-49-27-19-26-48(38-49)65-41-66(58-31-17-16-30-57(58)65)61-53(43-20-10-8-11-21-43)36-47(63(5,6)7)37-54(61)45-24-18-25-46(35-45)62(2,3)4/h8-40H,1-7H3/i1D3,8D,9D,10D,11D,12D,13D,20D,21D,22D,23D. The number of para-hydroxylation sites is 3. The molecule has 332 valence electrons. The van der Waals surface area contributed by atoms with E-state index in [4.69, 9.17) is 24.8 Å². The van der Waals surface area contributed by atoms with Crippen molar-refractivity contribution in [3.63, 3.8) is 0 Å². The van der Waals surface area contributed by atoms with Crippen LogP contribution in [0.1, 0.15) is 76.1 Å². The van der Waals surface area contributed by atoms with E-state index in [-0.39, 0.29) is 45.6 Å². The molecule has 3 heterocycles. The van der Waals surface area contributed by atoms with E-state index in [9.17, 15) is 2.74 Å². The minimum absolute atomic E-state index is 0.0679. The van der Waals surface area contributed by atoms with Crippen LogP contribution in [0, 0.1) is 13.2 Å². The van der Waals surface area contributed by atoms with E-state index >= 15 is 0 Å². The Morgan fingerprint density at radius 3 is 1.94 bits per heavy atom. The number of ether oxygens (including phenoxy) is 1. The van der Waals surface area contributed by atoms with Crippen LogP contribution >= 0.6 is 0 Å². The quantitative estimate of drug-likeness (QED) is 0.113. The molecule has 11 rings (SSSR count). The number of imidazole rings is 1. The fourth-order valence-electron chi connectivity index (χ4n) is 8.91. The molecular weight excluding hydrogens is 829 g/mol. The predicted molar refractivity (Wildman–Crippen MR) is 281 cm³/mol. The van der Waals surface area contributed by atoms with Gasteiger partial charge in [-0.25, -0.2) is 4.98 Å². The molecule has 0 radical (unpaired) electrons. The van der Waals surface area contributed by atoms with Gasteiger partial charge in [0.15, 0.2) is 0 Å². The molecule has 0 aliphatic carbocycles. The van der Waals surface area contributed by atoms with Gasteiger partial charge in [0.2, 0.25) is 0 Å². The Morgan fingerprint density at radius 2 is 1.21 bits per heavy atom. The largest absolute Gasteiger partial charge is 0.458 e. The van der Waals surface area contributed by atoms with E-state index in [0.29, 0.717) is 39.5 Å². The highest BCUT2D eigenvalue weighted by molar-refractivity contribution is 6.09. The van der Waals surface area contributed by atoms with Gasteiger partial charge >= 0.3 is 0 Å². The number of nitrogens with zero attached hydrogens (tertiary/aromatic N) is 4. The van der Waals surface area contributed by atoms with Crippen LogP contribution in [0.5, 0.6) is 11.5 Å². The maximum Gasteiger partial charge on any atom is 0.269 e. The Balaban J connectivity index is 1.07. The van der Waals surface area contributed by atoms with Crippen LogP contribution in [0.25, 0.3) is 83.4 Å². The molecule has 0 unspecified atom stereocenters. The minimum atomic E-state index is -2.78. The van der Waals surface area contributed by atoms with Crippen molar-refractivity contribution in [3.8, 4) is 62.1 Å². The molecule has 68 heavy (non-hydrogen) atoms. The van der Waals surface area contributed by atoms with Crippen LogP contribution in [-0.2, 0) is 10.8 Å². The Labute approximate surface area is 417 Å². The second-order valence-electron chi connectivity index (χ2n) is 19.0. The molecule has 0 amide bonds. The van der Waals surface area contributed by atoms with Crippen LogP contribution in [0.4, 0.5) is 0 Å². The molecule has 0 aliphatic rings. The van der Waals surface area contributed by atoms with Gasteiger partial charge in [-0.3, -0.25) is 13.7 Å². The van der Waals surface area contributed by atoms with Crippen LogP contribution in [0.3, 0.4) is 0 Å². The number of fused-ring (bicyclic) bond motifs is 4. The first-order chi connectivity index (χ1) is 38.2. The lowest BCUT2D eigenvalue weighted by atomic mass is 9.81. The first kappa shape index (κ1) is 30.3. The van der Waals surface area contributed by atoms with Crippen LogP contribution < -0.4 is 9.30 Å². The van der Waals surface area contributed by atoms with Crippen molar-refractivity contribution in [1.82, 2.24) is 14.1 Å². The Morgan fingerprint density at radius 1 is 0.559 bits per heavy atom. The summed E-state index contributed by atoms with van der Waals surface area (Å²) < 4.78 is 125. The van der Waals surface area contributed by atoms with Gasteiger partial charge < -0.3 is 4.74 Å². The lowest BCUT2D eigenvalue weighted by molar-refractivity contribution is -0.571. The fraction of sp³-hybridized carbons (Fsp3) is 0.143. The molecule has 0 bridgehead atoms. The maximum absolute atomic E-state index is 9.33. The molecule has 5 heteroatoms. The smallest absolute Gasteiger partial charge is 0.269 e. The van der Waals surface area contributed by atoms with Gasteiger partial charge in [-0.05, 0) is 105 Å². The molecule has 0 fully saturated rings. The molecule has 0 saturated carbocycles. The van der Waals surface area contributed by atoms with E-state index in [2.05, 4.69) is 66.1 Å². The highest BCUT2D eigenvalue weighted by Gasteiger charge is 2.25. The highest BCUT2D eigenvalue weighted by Crippen LogP contribution is 2.41. The van der Waals surface area contributed by atoms with Crippen molar-refractivity contribution >= 4 is 32.8 Å². The van der Waals surface area contributed by atoms with Gasteiger partial charge in [-0.15, -0.1) is 0 Å². The van der Waals surface area contributed by atoms with Gasteiger partial charge in [0.05, 0.1) is 47.1 Å². The minimum Gasteiger partial charge on any atom is -0.458 e. The summed E-state index contributed by atoms with van der Waals surface area (Å²) in [7, 11) is 0. The Hall–Kier alpha value is -8.02. The number of hydrogen-bond acceptors (Lipinski definition) is 2. The van der Waals surface area contributed by atoms with Crippen LogP contribution in [-0.4, -0.2) is 14.1 Å². The predicted octanol–water partition coefficient (Wildman–Crippen LogP) is 15.9. The molecule has 3 aromatic heterocycles. The number of aryl methyl sites for hydroxylation is 1. The monoisotopic (exact) mass is 896 g/mol. The fourth-order valence-corrected chi connectivity index (χ4v) is 8.91. The zero-order chi connectivity index (χ0) is 57.9. The average Bonchev–Trinajstić information content (AvgIpc) is 4.03. The van der Waals surface area contributed by atoms with E-state index in [1.54, 1.807) is 0 Å². The van der Waals surface area contributed by atoms with Gasteiger partial charge in [0.1, 0.15) is 17.3 Å². The van der Waals surface area contributed by atoms with E-state index in [0.717, 1.165) is 44.1 Å². The maximum atomic E-state index is 9.33. The van der Waals surface area contributed by atoms with Gasteiger partial charge in [-0.1, -0.05) is 187 Å². The van der Waals surface area contributed by atoms with Crippen molar-refractivity contribution in [3.05, 3.63) is 223 Å². The first-order valence-electron chi connectivity index (χ1n) is 29.0. The van der Waals surface area contributed by atoms with Gasteiger partial charge in [0.25, 0.3) is 6.33 Å². The molecular formula is C63H54N4O. The molecule has 0 saturated heterocycles. The summed E-state index contributed by atoms with van der Waals surface area (Å²) >= 11 is 0. The second kappa shape index (κ2) is 16.7. The molecule has 8 aromatic carbocycles. The summed E-state index contributed by atoms with van der Waals surface area (Å²) in [6.07, 6.45) is 4.91. The Bertz CT molecular complexity index is 4350.